The van der Waals surface area contributed by atoms with Gasteiger partial charge >= 0.3 is 0 Å². The average molecular weight is 928 g/mol. The van der Waals surface area contributed by atoms with Gasteiger partial charge in [-0.15, -0.1) is 11.3 Å². The maximum absolute atomic E-state index is 2.53. The SMILES string of the molecule is Cc1cc(C)c(C2(c3c(C)cc(C)cc3C)c3ccccc3-c3ccc(N(c4ccc(-c5ccc6cc(-c7ccc8ccccc8c7)ccc6c5)cc4)c4ccc5c(c4)sc4ccccc45)cc32)c(C)c1. The first-order valence-electron chi connectivity index (χ1n) is 24.9. The first kappa shape index (κ1) is 43.0. The van der Waals surface area contributed by atoms with Gasteiger partial charge in [-0.1, -0.05) is 163 Å². The molecule has 0 saturated carbocycles. The molecule has 0 fully saturated rings. The molecule has 1 aliphatic carbocycles. The summed E-state index contributed by atoms with van der Waals surface area (Å²) in [5.41, 5.74) is 23.6. The number of thiophene rings is 1. The van der Waals surface area contributed by atoms with Crippen LogP contribution >= 0.6 is 11.3 Å². The number of hydrogen-bond acceptors (Lipinski definition) is 2. The topological polar surface area (TPSA) is 3.24 Å². The summed E-state index contributed by atoms with van der Waals surface area (Å²) in [4.78, 5) is 2.49. The molecule has 1 nitrogen and oxygen atoms in total. The average Bonchev–Trinajstić information content (AvgIpc) is 3.89. The van der Waals surface area contributed by atoms with Crippen molar-refractivity contribution in [3.05, 3.63) is 268 Å². The van der Waals surface area contributed by atoms with E-state index in [0.29, 0.717) is 0 Å². The van der Waals surface area contributed by atoms with E-state index in [1.807, 2.05) is 11.3 Å². The highest BCUT2D eigenvalue weighted by atomic mass is 32.1. The Morgan fingerprint density at radius 1 is 0.324 bits per heavy atom. The van der Waals surface area contributed by atoms with Crippen molar-refractivity contribution in [2.45, 2.75) is 47.0 Å². The summed E-state index contributed by atoms with van der Waals surface area (Å²) >= 11 is 1.87. The van der Waals surface area contributed by atoms with Crippen molar-refractivity contribution < 1.29 is 0 Å². The van der Waals surface area contributed by atoms with Crippen molar-refractivity contribution >= 4 is 70.1 Å². The van der Waals surface area contributed by atoms with Crippen molar-refractivity contribution in [1.29, 1.82) is 0 Å². The van der Waals surface area contributed by atoms with Gasteiger partial charge in [0.2, 0.25) is 0 Å². The zero-order chi connectivity index (χ0) is 48.1. The van der Waals surface area contributed by atoms with Gasteiger partial charge in [0.05, 0.1) is 5.41 Å². The Hall–Kier alpha value is -8.04. The summed E-state index contributed by atoms with van der Waals surface area (Å²) in [7, 11) is 0. The Bertz CT molecular complexity index is 4030. The number of aryl methyl sites for hydroxylation is 6. The minimum atomic E-state index is -0.553. The molecule has 0 atom stereocenters. The van der Waals surface area contributed by atoms with Crippen molar-refractivity contribution in [2.24, 2.45) is 0 Å². The minimum Gasteiger partial charge on any atom is -0.310 e. The molecule has 0 N–H and O–H groups in total. The van der Waals surface area contributed by atoms with E-state index in [4.69, 9.17) is 0 Å². The molecule has 0 aliphatic heterocycles. The van der Waals surface area contributed by atoms with Crippen LogP contribution in [0.5, 0.6) is 0 Å². The third-order valence-corrected chi connectivity index (χ3v) is 16.5. The molecule has 1 aliphatic rings. The van der Waals surface area contributed by atoms with E-state index in [9.17, 15) is 0 Å². The van der Waals surface area contributed by atoms with Gasteiger partial charge in [-0.05, 0) is 202 Å². The van der Waals surface area contributed by atoms with Crippen molar-refractivity contribution in [2.75, 3.05) is 4.90 Å². The van der Waals surface area contributed by atoms with E-state index < -0.39 is 5.41 Å². The zero-order valence-electron chi connectivity index (χ0n) is 41.1. The van der Waals surface area contributed by atoms with Gasteiger partial charge < -0.3 is 4.90 Å². The molecule has 12 aromatic rings. The zero-order valence-corrected chi connectivity index (χ0v) is 41.9. The third-order valence-electron chi connectivity index (χ3n) is 15.4. The highest BCUT2D eigenvalue weighted by Gasteiger charge is 2.49. The van der Waals surface area contributed by atoms with Crippen LogP contribution in [0.2, 0.25) is 0 Å². The van der Waals surface area contributed by atoms with Crippen LogP contribution < -0.4 is 4.90 Å². The summed E-state index contributed by atoms with van der Waals surface area (Å²) in [6.45, 7) is 13.8. The number of fused-ring (bicyclic) bond motifs is 8. The Balaban J connectivity index is 0.977. The number of hydrogen-bond donors (Lipinski definition) is 0. The lowest BCUT2D eigenvalue weighted by Crippen LogP contribution is -2.33. The quantitative estimate of drug-likeness (QED) is 0.154. The molecule has 1 aromatic heterocycles. The first-order chi connectivity index (χ1) is 34.6. The van der Waals surface area contributed by atoms with Crippen molar-refractivity contribution in [3.8, 4) is 33.4 Å². The maximum Gasteiger partial charge on any atom is 0.0724 e. The second kappa shape index (κ2) is 16.5. The molecule has 2 heteroatoms. The third kappa shape index (κ3) is 6.88. The van der Waals surface area contributed by atoms with E-state index in [-0.39, 0.29) is 0 Å². The van der Waals surface area contributed by atoms with Gasteiger partial charge in [0.25, 0.3) is 0 Å². The molecular formula is C69H53NS. The van der Waals surface area contributed by atoms with Gasteiger partial charge in [-0.3, -0.25) is 0 Å². The summed E-state index contributed by atoms with van der Waals surface area (Å²) in [5, 5.41) is 7.60. The largest absolute Gasteiger partial charge is 0.310 e. The number of rotatable bonds is 7. The molecule has 0 amide bonds. The first-order valence-corrected chi connectivity index (χ1v) is 25.7. The Kier molecular flexibility index (Phi) is 10.0. The Morgan fingerprint density at radius 3 is 1.45 bits per heavy atom. The molecule has 71 heavy (non-hydrogen) atoms. The van der Waals surface area contributed by atoms with E-state index in [1.54, 1.807) is 0 Å². The van der Waals surface area contributed by atoms with E-state index in [0.717, 1.165) is 17.1 Å². The van der Waals surface area contributed by atoms with Crippen LogP contribution in [0.1, 0.15) is 55.6 Å². The summed E-state index contributed by atoms with van der Waals surface area (Å²) < 4.78 is 2.59. The van der Waals surface area contributed by atoms with Crippen LogP contribution in [0, 0.1) is 41.5 Å². The highest BCUT2D eigenvalue weighted by molar-refractivity contribution is 7.25. The monoisotopic (exact) mass is 927 g/mol. The molecule has 0 bridgehead atoms. The number of anilines is 3. The summed E-state index contributed by atoms with van der Waals surface area (Å²) in [6.07, 6.45) is 0. The molecule has 0 spiro atoms. The van der Waals surface area contributed by atoms with E-state index in [1.165, 1.54) is 131 Å². The molecule has 0 saturated heterocycles. The normalized spacial score (nSPS) is 12.8. The lowest BCUT2D eigenvalue weighted by molar-refractivity contribution is 0.738. The van der Waals surface area contributed by atoms with Gasteiger partial charge in [-0.25, -0.2) is 0 Å². The van der Waals surface area contributed by atoms with E-state index in [2.05, 4.69) is 259 Å². The van der Waals surface area contributed by atoms with Gasteiger partial charge in [0, 0.05) is 37.2 Å². The molecule has 0 radical (unpaired) electrons. The Morgan fingerprint density at radius 2 is 0.789 bits per heavy atom. The summed E-state index contributed by atoms with van der Waals surface area (Å²) in [5.74, 6) is 0. The molecule has 11 aromatic carbocycles. The predicted octanol–water partition coefficient (Wildman–Crippen LogP) is 19.4. The number of benzene rings is 11. The molecular weight excluding hydrogens is 875 g/mol. The smallest absolute Gasteiger partial charge is 0.0724 e. The minimum absolute atomic E-state index is 0.553. The molecule has 1 heterocycles. The molecule has 340 valence electrons. The number of nitrogens with zero attached hydrogens (tertiary/aromatic N) is 1. The van der Waals surface area contributed by atoms with E-state index >= 15 is 0 Å². The fourth-order valence-corrected chi connectivity index (χ4v) is 13.8. The molecule has 13 rings (SSSR count). The predicted molar refractivity (Wildman–Crippen MR) is 306 cm³/mol. The fourth-order valence-electron chi connectivity index (χ4n) is 12.7. The van der Waals surface area contributed by atoms with Crippen LogP contribution in [0.25, 0.3) is 75.1 Å². The van der Waals surface area contributed by atoms with Crippen LogP contribution in [0.15, 0.2) is 212 Å². The lowest BCUT2D eigenvalue weighted by atomic mass is 9.63. The second-order valence-electron chi connectivity index (χ2n) is 20.1. The van der Waals surface area contributed by atoms with Crippen molar-refractivity contribution in [1.82, 2.24) is 0 Å². The highest BCUT2D eigenvalue weighted by Crippen LogP contribution is 2.60. The maximum atomic E-state index is 2.53. The molecule has 0 unspecified atom stereocenters. The van der Waals surface area contributed by atoms with Crippen LogP contribution in [-0.4, -0.2) is 0 Å². The lowest BCUT2D eigenvalue weighted by Gasteiger charge is -2.39. The standard InChI is InChI=1S/C69H53NS/c1-42-33-44(3)67(45(4)34-42)69(68-46(5)35-43(2)36-47(68)6)63-17-11-9-15-59(63)60-31-29-57(40-64(60)69)70(58-30-32-62-61-16-10-12-18-65(61)71-66(62)41-58)56-27-25-49(26-28-56)51-21-22-54-39-55(24-23-53(54)38-51)52-20-19-48-13-7-8-14-50(48)37-52/h7-41H,1-6H3. The summed E-state index contributed by atoms with van der Waals surface area (Å²) in [6, 6.07) is 80.2. The van der Waals surface area contributed by atoms with Gasteiger partial charge in [0.15, 0.2) is 0 Å². The fraction of sp³-hybridized carbons (Fsp3) is 0.101. The van der Waals surface area contributed by atoms with Gasteiger partial charge in [0.1, 0.15) is 0 Å². The Labute approximate surface area is 421 Å². The van der Waals surface area contributed by atoms with Gasteiger partial charge in [-0.2, -0.15) is 0 Å². The van der Waals surface area contributed by atoms with Crippen LogP contribution in [-0.2, 0) is 5.41 Å². The second-order valence-corrected chi connectivity index (χ2v) is 21.2. The van der Waals surface area contributed by atoms with Crippen molar-refractivity contribution in [3.63, 3.8) is 0 Å². The van der Waals surface area contributed by atoms with Crippen LogP contribution in [0.4, 0.5) is 17.1 Å². The van der Waals surface area contributed by atoms with Crippen LogP contribution in [0.3, 0.4) is 0 Å².